The van der Waals surface area contributed by atoms with E-state index in [9.17, 15) is 23.9 Å². The van der Waals surface area contributed by atoms with Gasteiger partial charge in [0.25, 0.3) is 5.91 Å². The van der Waals surface area contributed by atoms with E-state index in [0.717, 1.165) is 35.7 Å². The number of hydrogen-bond donors (Lipinski definition) is 1. The van der Waals surface area contributed by atoms with E-state index in [2.05, 4.69) is 15.9 Å². The maximum absolute atomic E-state index is 14.9. The highest BCUT2D eigenvalue weighted by molar-refractivity contribution is 9.10. The molecule has 0 bridgehead atoms. The molecule has 1 atom stereocenters. The van der Waals surface area contributed by atoms with Gasteiger partial charge in [0.2, 0.25) is 5.91 Å². The Labute approximate surface area is 254 Å². The topological polar surface area (TPSA) is 93.6 Å². The SMILES string of the molecule is CC(C)(Oc1cc(F)cc(N2CCC[C@@H](C(=O)N(Cc3ccc(Br)cc3)C3CC3)C2)c1)C(=O)N1CCN(C(=O)O)CC1. The highest BCUT2D eigenvalue weighted by Crippen LogP contribution is 2.34. The first kappa shape index (κ1) is 30.1. The molecule has 3 amide bonds. The summed E-state index contributed by atoms with van der Waals surface area (Å²) in [5.74, 6) is -0.578. The summed E-state index contributed by atoms with van der Waals surface area (Å²) in [5, 5.41) is 9.18. The number of amides is 3. The minimum Gasteiger partial charge on any atom is -0.478 e. The van der Waals surface area contributed by atoms with Gasteiger partial charge in [0.1, 0.15) is 11.6 Å². The van der Waals surface area contributed by atoms with Crippen molar-refractivity contribution in [3.8, 4) is 5.75 Å². The Kier molecular flexibility index (Phi) is 8.96. The maximum Gasteiger partial charge on any atom is 0.407 e. The molecule has 2 aliphatic heterocycles. The third-order valence-electron chi connectivity index (χ3n) is 8.25. The minimum atomic E-state index is -1.28. The van der Waals surface area contributed by atoms with E-state index >= 15 is 0 Å². The van der Waals surface area contributed by atoms with Gasteiger partial charge in [-0.2, -0.15) is 0 Å². The quantitative estimate of drug-likeness (QED) is 0.436. The molecule has 11 heteroatoms. The first-order valence-corrected chi connectivity index (χ1v) is 15.4. The molecule has 226 valence electrons. The smallest absolute Gasteiger partial charge is 0.407 e. The fourth-order valence-electron chi connectivity index (χ4n) is 5.82. The van der Waals surface area contributed by atoms with Crippen molar-refractivity contribution in [2.75, 3.05) is 44.2 Å². The second kappa shape index (κ2) is 12.5. The number of piperidine rings is 1. The zero-order valence-corrected chi connectivity index (χ0v) is 25.7. The molecular formula is C31H38BrFN4O5. The Balaban J connectivity index is 1.25. The van der Waals surface area contributed by atoms with E-state index in [1.807, 2.05) is 34.1 Å². The molecule has 42 heavy (non-hydrogen) atoms. The number of rotatable bonds is 8. The van der Waals surface area contributed by atoms with Crippen LogP contribution in [0.15, 0.2) is 46.9 Å². The molecule has 1 saturated carbocycles. The molecule has 2 aromatic carbocycles. The van der Waals surface area contributed by atoms with Gasteiger partial charge >= 0.3 is 6.09 Å². The molecule has 0 aromatic heterocycles. The Hall–Kier alpha value is -3.34. The molecule has 3 fully saturated rings. The Morgan fingerprint density at radius 3 is 2.31 bits per heavy atom. The summed E-state index contributed by atoms with van der Waals surface area (Å²) >= 11 is 3.47. The molecule has 0 radical (unpaired) electrons. The Morgan fingerprint density at radius 2 is 1.67 bits per heavy atom. The van der Waals surface area contributed by atoms with E-state index in [0.29, 0.717) is 25.3 Å². The molecule has 5 rings (SSSR count). The van der Waals surface area contributed by atoms with Crippen LogP contribution >= 0.6 is 15.9 Å². The predicted octanol–water partition coefficient (Wildman–Crippen LogP) is 4.98. The van der Waals surface area contributed by atoms with Crippen molar-refractivity contribution < 1.29 is 28.6 Å². The second-order valence-corrected chi connectivity index (χ2v) is 12.8. The van der Waals surface area contributed by atoms with Crippen molar-refractivity contribution in [1.29, 1.82) is 0 Å². The summed E-state index contributed by atoms with van der Waals surface area (Å²) in [5.41, 5.74) is 0.430. The molecule has 2 aromatic rings. The molecule has 1 aliphatic carbocycles. The third-order valence-corrected chi connectivity index (χ3v) is 8.78. The van der Waals surface area contributed by atoms with Crippen molar-refractivity contribution in [1.82, 2.24) is 14.7 Å². The number of nitrogens with zero attached hydrogens (tertiary/aromatic N) is 4. The number of carbonyl (C=O) groups excluding carboxylic acids is 2. The number of anilines is 1. The summed E-state index contributed by atoms with van der Waals surface area (Å²) in [7, 11) is 0. The fraction of sp³-hybridized carbons (Fsp3) is 0.516. The molecule has 0 spiro atoms. The van der Waals surface area contributed by atoms with E-state index in [4.69, 9.17) is 4.74 Å². The van der Waals surface area contributed by atoms with Gasteiger partial charge in [-0.1, -0.05) is 28.1 Å². The van der Waals surface area contributed by atoms with E-state index in [1.165, 1.54) is 17.0 Å². The van der Waals surface area contributed by atoms with Crippen molar-refractivity contribution in [3.63, 3.8) is 0 Å². The van der Waals surface area contributed by atoms with Crippen molar-refractivity contribution in [2.45, 2.75) is 57.7 Å². The number of benzene rings is 2. The minimum absolute atomic E-state index is 0.146. The van der Waals surface area contributed by atoms with Gasteiger partial charge in [0.15, 0.2) is 5.60 Å². The van der Waals surface area contributed by atoms with Crippen LogP contribution in [0.3, 0.4) is 0 Å². The lowest BCUT2D eigenvalue weighted by Crippen LogP contribution is -2.56. The fourth-order valence-corrected chi connectivity index (χ4v) is 6.08. The molecule has 3 aliphatic rings. The first-order chi connectivity index (χ1) is 20.0. The van der Waals surface area contributed by atoms with Gasteiger partial charge in [-0.05, 0) is 63.3 Å². The van der Waals surface area contributed by atoms with Crippen LogP contribution in [0.1, 0.15) is 45.1 Å². The van der Waals surface area contributed by atoms with Gasteiger partial charge in [-0.25, -0.2) is 9.18 Å². The number of ether oxygens (including phenoxy) is 1. The largest absolute Gasteiger partial charge is 0.478 e. The van der Waals surface area contributed by atoms with Gasteiger partial charge < -0.3 is 29.4 Å². The summed E-state index contributed by atoms with van der Waals surface area (Å²) in [6.45, 7) is 6.05. The van der Waals surface area contributed by atoms with Crippen LogP contribution in [-0.4, -0.2) is 88.6 Å². The summed E-state index contributed by atoms with van der Waals surface area (Å²) < 4.78 is 21.9. The standard InChI is InChI=1S/C31H38BrFN4O5/c1-31(2,29(39)34-12-14-35(15-13-34)30(40)41)42-27-17-24(33)16-26(18-27)36-11-3-4-22(20-36)28(38)37(25-9-10-25)19-21-5-7-23(32)8-6-21/h5-8,16-18,22,25H,3-4,9-15,19-20H2,1-2H3,(H,40,41)/t22-/m1/s1. The monoisotopic (exact) mass is 644 g/mol. The normalized spacial score (nSPS) is 19.4. The second-order valence-electron chi connectivity index (χ2n) is 11.9. The predicted molar refractivity (Wildman–Crippen MR) is 160 cm³/mol. The van der Waals surface area contributed by atoms with Gasteiger partial charge in [-0.3, -0.25) is 9.59 Å². The number of piperazine rings is 1. The molecular weight excluding hydrogens is 607 g/mol. The van der Waals surface area contributed by atoms with Crippen LogP contribution in [0.5, 0.6) is 5.75 Å². The maximum atomic E-state index is 14.9. The van der Waals surface area contributed by atoms with E-state index in [1.54, 1.807) is 24.8 Å². The van der Waals surface area contributed by atoms with E-state index in [-0.39, 0.29) is 55.7 Å². The lowest BCUT2D eigenvalue weighted by molar-refractivity contribution is -0.147. The molecule has 9 nitrogen and oxygen atoms in total. The third kappa shape index (κ3) is 7.17. The van der Waals surface area contributed by atoms with Gasteiger partial charge in [0, 0.05) is 74.1 Å². The lowest BCUT2D eigenvalue weighted by atomic mass is 9.95. The van der Waals surface area contributed by atoms with Crippen LogP contribution in [0, 0.1) is 11.7 Å². The summed E-state index contributed by atoms with van der Waals surface area (Å²) in [6, 6.07) is 12.8. The van der Waals surface area contributed by atoms with Crippen molar-refractivity contribution >= 4 is 39.5 Å². The van der Waals surface area contributed by atoms with Crippen LogP contribution in [0.4, 0.5) is 14.9 Å². The lowest BCUT2D eigenvalue weighted by Gasteiger charge is -2.38. The summed E-state index contributed by atoms with van der Waals surface area (Å²) in [6.07, 6.45) is 2.64. The molecule has 2 heterocycles. The molecule has 0 unspecified atom stereocenters. The van der Waals surface area contributed by atoms with Crippen molar-refractivity contribution in [3.05, 3.63) is 58.3 Å². The van der Waals surface area contributed by atoms with Crippen LogP contribution < -0.4 is 9.64 Å². The van der Waals surface area contributed by atoms with Gasteiger partial charge in [-0.15, -0.1) is 0 Å². The van der Waals surface area contributed by atoms with E-state index < -0.39 is 17.5 Å². The number of hydrogen-bond acceptors (Lipinski definition) is 5. The molecule has 2 saturated heterocycles. The zero-order valence-electron chi connectivity index (χ0n) is 24.1. The molecule has 1 N–H and O–H groups in total. The highest BCUT2D eigenvalue weighted by Gasteiger charge is 2.39. The zero-order chi connectivity index (χ0) is 30.0. The number of halogens is 2. The van der Waals surface area contributed by atoms with Crippen LogP contribution in [-0.2, 0) is 16.1 Å². The Morgan fingerprint density at radius 1 is 1.00 bits per heavy atom. The first-order valence-electron chi connectivity index (χ1n) is 14.6. The average Bonchev–Trinajstić information content (AvgIpc) is 3.81. The summed E-state index contributed by atoms with van der Waals surface area (Å²) in [4.78, 5) is 45.1. The van der Waals surface area contributed by atoms with Gasteiger partial charge in [0.05, 0.1) is 5.92 Å². The average molecular weight is 646 g/mol. The van der Waals surface area contributed by atoms with Crippen LogP contribution in [0.25, 0.3) is 0 Å². The Bertz CT molecular complexity index is 1310. The van der Waals surface area contributed by atoms with Crippen molar-refractivity contribution in [2.24, 2.45) is 5.92 Å². The number of carbonyl (C=O) groups is 3. The number of carboxylic acid groups (broad SMARTS) is 1. The van der Waals surface area contributed by atoms with Crippen LogP contribution in [0.2, 0.25) is 0 Å². The highest BCUT2D eigenvalue weighted by atomic mass is 79.9.